The summed E-state index contributed by atoms with van der Waals surface area (Å²) in [6, 6.07) is 10.6. The molecule has 1 atom stereocenters. The highest BCUT2D eigenvalue weighted by Gasteiger charge is 2.21. The minimum Gasteiger partial charge on any atom is -0.326 e. The van der Waals surface area contributed by atoms with Crippen molar-refractivity contribution in [2.75, 3.05) is 0 Å². The Balaban J connectivity index is 2.13. The molecule has 0 radical (unpaired) electrons. The van der Waals surface area contributed by atoms with Crippen LogP contribution in [0.4, 0.5) is 0 Å². The van der Waals surface area contributed by atoms with Crippen LogP contribution in [0.1, 0.15) is 17.8 Å². The van der Waals surface area contributed by atoms with E-state index >= 15 is 0 Å². The Hall–Kier alpha value is -1.61. The first-order chi connectivity index (χ1) is 8.25. The van der Waals surface area contributed by atoms with Gasteiger partial charge >= 0.3 is 0 Å². The van der Waals surface area contributed by atoms with Crippen molar-refractivity contribution in [2.45, 2.75) is 32.4 Å². The van der Waals surface area contributed by atoms with Crippen molar-refractivity contribution in [3.05, 3.63) is 41.7 Å². The molecule has 2 N–H and O–H groups in total. The largest absolute Gasteiger partial charge is 0.326 e. The van der Waals surface area contributed by atoms with E-state index in [1.54, 1.807) is 0 Å². The van der Waals surface area contributed by atoms with Gasteiger partial charge in [-0.05, 0) is 19.8 Å². The zero-order valence-corrected chi connectivity index (χ0v) is 10.1. The molecule has 1 aliphatic heterocycles. The molecule has 3 nitrogen and oxygen atoms in total. The smallest absolute Gasteiger partial charge is 0.140 e. The van der Waals surface area contributed by atoms with Crippen LogP contribution in [0.3, 0.4) is 0 Å². The van der Waals surface area contributed by atoms with Crippen LogP contribution in [0.5, 0.6) is 0 Å². The van der Waals surface area contributed by atoms with Crippen LogP contribution in [-0.4, -0.2) is 15.6 Å². The topological polar surface area (TPSA) is 43.8 Å². The molecule has 17 heavy (non-hydrogen) atoms. The quantitative estimate of drug-likeness (QED) is 0.811. The van der Waals surface area contributed by atoms with E-state index in [-0.39, 0.29) is 6.04 Å². The Morgan fingerprint density at radius 1 is 1.29 bits per heavy atom. The zero-order chi connectivity index (χ0) is 11.8. The maximum absolute atomic E-state index is 6.06. The van der Waals surface area contributed by atoms with E-state index in [4.69, 9.17) is 10.7 Å². The first kappa shape index (κ1) is 10.5. The van der Waals surface area contributed by atoms with Gasteiger partial charge in [-0.15, -0.1) is 0 Å². The van der Waals surface area contributed by atoms with Crippen LogP contribution in [0.2, 0.25) is 0 Å². The first-order valence-corrected chi connectivity index (χ1v) is 6.12. The van der Waals surface area contributed by atoms with Crippen LogP contribution < -0.4 is 5.73 Å². The fraction of sp³-hybridized carbons (Fsp3) is 0.357. The Bertz CT molecular complexity index is 528. The average molecular weight is 227 g/mol. The fourth-order valence-corrected chi connectivity index (χ4v) is 2.57. The second-order valence-corrected chi connectivity index (χ2v) is 4.74. The summed E-state index contributed by atoms with van der Waals surface area (Å²) in [6.07, 6.45) is 2.12. The summed E-state index contributed by atoms with van der Waals surface area (Å²) in [5.41, 5.74) is 9.74. The Morgan fingerprint density at radius 2 is 2.06 bits per heavy atom. The molecule has 1 unspecified atom stereocenters. The fourth-order valence-electron chi connectivity index (χ4n) is 2.57. The van der Waals surface area contributed by atoms with E-state index in [9.17, 15) is 0 Å². The summed E-state index contributed by atoms with van der Waals surface area (Å²) >= 11 is 0. The van der Waals surface area contributed by atoms with Crippen LogP contribution in [-0.2, 0) is 13.0 Å². The SMILES string of the molecule is Cc1nc(-c2ccccc2)n2c1CCC(N)C2. The van der Waals surface area contributed by atoms with E-state index in [0.717, 1.165) is 30.9 Å². The van der Waals surface area contributed by atoms with E-state index in [1.165, 1.54) is 11.3 Å². The van der Waals surface area contributed by atoms with E-state index in [1.807, 2.05) is 6.07 Å². The predicted octanol–water partition coefficient (Wildman–Crippen LogP) is 2.13. The number of hydrogen-bond donors (Lipinski definition) is 1. The van der Waals surface area contributed by atoms with Crippen LogP contribution in [0.25, 0.3) is 11.4 Å². The van der Waals surface area contributed by atoms with Crippen molar-refractivity contribution in [3.8, 4) is 11.4 Å². The first-order valence-electron chi connectivity index (χ1n) is 6.12. The van der Waals surface area contributed by atoms with Crippen molar-refractivity contribution < 1.29 is 0 Å². The van der Waals surface area contributed by atoms with Gasteiger partial charge in [-0.3, -0.25) is 0 Å². The van der Waals surface area contributed by atoms with Crippen LogP contribution in [0.15, 0.2) is 30.3 Å². The standard InChI is InChI=1S/C14H17N3/c1-10-13-8-7-12(15)9-17(13)14(16-10)11-5-3-2-4-6-11/h2-6,12H,7-9,15H2,1H3. The maximum atomic E-state index is 6.06. The molecule has 2 aromatic rings. The highest BCUT2D eigenvalue weighted by atomic mass is 15.1. The second kappa shape index (κ2) is 4.00. The Morgan fingerprint density at radius 3 is 2.82 bits per heavy atom. The molecular formula is C14H17N3. The molecular weight excluding hydrogens is 210 g/mol. The number of nitrogens with two attached hydrogens (primary N) is 1. The summed E-state index contributed by atoms with van der Waals surface area (Å²) in [7, 11) is 0. The normalized spacial score (nSPS) is 19.1. The molecule has 2 heterocycles. The van der Waals surface area contributed by atoms with Crippen molar-refractivity contribution in [3.63, 3.8) is 0 Å². The van der Waals surface area contributed by atoms with Gasteiger partial charge in [0.05, 0.1) is 5.69 Å². The third-order valence-corrected chi connectivity index (χ3v) is 3.47. The van der Waals surface area contributed by atoms with Crippen molar-refractivity contribution in [1.29, 1.82) is 0 Å². The number of imidazole rings is 1. The Labute approximate surface area is 101 Å². The third kappa shape index (κ3) is 1.76. The van der Waals surface area contributed by atoms with Gasteiger partial charge in [0.1, 0.15) is 5.82 Å². The number of aryl methyl sites for hydroxylation is 1. The van der Waals surface area contributed by atoms with Crippen molar-refractivity contribution in [2.24, 2.45) is 5.73 Å². The second-order valence-electron chi connectivity index (χ2n) is 4.74. The number of hydrogen-bond acceptors (Lipinski definition) is 2. The van der Waals surface area contributed by atoms with Gasteiger partial charge in [0, 0.05) is 23.8 Å². The average Bonchev–Trinajstić information content (AvgIpc) is 2.67. The van der Waals surface area contributed by atoms with Gasteiger partial charge in [0.15, 0.2) is 0 Å². The van der Waals surface area contributed by atoms with Crippen LogP contribution in [0, 0.1) is 6.92 Å². The zero-order valence-electron chi connectivity index (χ0n) is 10.1. The molecule has 0 saturated carbocycles. The molecule has 1 aliphatic rings. The molecule has 0 aliphatic carbocycles. The van der Waals surface area contributed by atoms with Crippen LogP contribution >= 0.6 is 0 Å². The highest BCUT2D eigenvalue weighted by Crippen LogP contribution is 2.26. The molecule has 0 amide bonds. The van der Waals surface area contributed by atoms with Gasteiger partial charge in [0.25, 0.3) is 0 Å². The summed E-state index contributed by atoms with van der Waals surface area (Å²) < 4.78 is 2.29. The molecule has 0 spiro atoms. The lowest BCUT2D eigenvalue weighted by molar-refractivity contribution is 0.462. The molecule has 0 fully saturated rings. The molecule has 1 aromatic heterocycles. The molecule has 0 saturated heterocycles. The highest BCUT2D eigenvalue weighted by molar-refractivity contribution is 5.57. The van der Waals surface area contributed by atoms with Gasteiger partial charge in [-0.2, -0.15) is 0 Å². The summed E-state index contributed by atoms with van der Waals surface area (Å²) in [5, 5.41) is 0. The molecule has 3 rings (SSSR count). The lowest BCUT2D eigenvalue weighted by atomic mass is 10.0. The number of rotatable bonds is 1. The number of benzene rings is 1. The minimum atomic E-state index is 0.263. The Kier molecular flexibility index (Phi) is 2.48. The number of nitrogens with zero attached hydrogens (tertiary/aromatic N) is 2. The van der Waals surface area contributed by atoms with Gasteiger partial charge in [-0.1, -0.05) is 30.3 Å². The molecule has 0 bridgehead atoms. The minimum absolute atomic E-state index is 0.263. The molecule has 88 valence electrons. The number of fused-ring (bicyclic) bond motifs is 1. The lowest BCUT2D eigenvalue weighted by Crippen LogP contribution is -2.32. The lowest BCUT2D eigenvalue weighted by Gasteiger charge is -2.22. The van der Waals surface area contributed by atoms with Gasteiger partial charge < -0.3 is 10.3 Å². The van der Waals surface area contributed by atoms with E-state index in [2.05, 4.69) is 35.8 Å². The van der Waals surface area contributed by atoms with Gasteiger partial charge in [0.2, 0.25) is 0 Å². The summed E-state index contributed by atoms with van der Waals surface area (Å²) in [6.45, 7) is 2.98. The summed E-state index contributed by atoms with van der Waals surface area (Å²) in [4.78, 5) is 4.70. The third-order valence-electron chi connectivity index (χ3n) is 3.47. The monoisotopic (exact) mass is 227 g/mol. The van der Waals surface area contributed by atoms with Gasteiger partial charge in [-0.25, -0.2) is 4.98 Å². The van der Waals surface area contributed by atoms with E-state index in [0.29, 0.717) is 0 Å². The molecule has 3 heteroatoms. The maximum Gasteiger partial charge on any atom is 0.140 e. The van der Waals surface area contributed by atoms with Crippen molar-refractivity contribution >= 4 is 0 Å². The van der Waals surface area contributed by atoms with Crippen molar-refractivity contribution in [1.82, 2.24) is 9.55 Å². The number of aromatic nitrogens is 2. The predicted molar refractivity (Wildman–Crippen MR) is 68.7 cm³/mol. The molecule has 1 aromatic carbocycles. The van der Waals surface area contributed by atoms with E-state index < -0.39 is 0 Å². The summed E-state index contributed by atoms with van der Waals surface area (Å²) in [5.74, 6) is 1.06.